The lowest BCUT2D eigenvalue weighted by atomic mass is 10.6. The molecular weight excluding hydrogens is 168 g/mol. The molecule has 2 rings (SSSR count). The second-order valence-corrected chi connectivity index (χ2v) is 3.19. The van der Waals surface area contributed by atoms with Crippen molar-refractivity contribution in [3.05, 3.63) is 12.4 Å². The summed E-state index contributed by atoms with van der Waals surface area (Å²) < 4.78 is 1.84. The third-order valence-electron chi connectivity index (χ3n) is 2.25. The molecule has 1 aliphatic rings. The molecule has 5 heteroatoms. The number of carbonyl (C=O) groups excluding carboxylic acids is 1. The Morgan fingerprint density at radius 3 is 2.62 bits per heavy atom. The second-order valence-electron chi connectivity index (χ2n) is 3.19. The molecule has 0 N–H and O–H groups in total. The Kier molecular flexibility index (Phi) is 1.72. The summed E-state index contributed by atoms with van der Waals surface area (Å²) in [6.07, 6.45) is 3.53. The van der Waals surface area contributed by atoms with Crippen LogP contribution in [0.25, 0.3) is 0 Å². The maximum Gasteiger partial charge on any atom is 0.326 e. The SMILES string of the molecule is CN1CCN(c2nccn2C)C1=O. The number of aromatic nitrogens is 2. The van der Waals surface area contributed by atoms with Crippen LogP contribution in [0.4, 0.5) is 10.7 Å². The number of amides is 2. The number of urea groups is 1. The predicted octanol–water partition coefficient (Wildman–Crippen LogP) is 0.292. The summed E-state index contributed by atoms with van der Waals surface area (Å²) in [6.45, 7) is 1.49. The van der Waals surface area contributed by atoms with Crippen LogP contribution in [-0.4, -0.2) is 40.6 Å². The quantitative estimate of drug-likeness (QED) is 0.623. The van der Waals surface area contributed by atoms with Crippen LogP contribution < -0.4 is 4.90 Å². The number of rotatable bonds is 1. The minimum Gasteiger partial charge on any atom is -0.326 e. The summed E-state index contributed by atoms with van der Waals surface area (Å²) in [7, 11) is 3.68. The Morgan fingerprint density at radius 1 is 1.38 bits per heavy atom. The van der Waals surface area contributed by atoms with Gasteiger partial charge in [0.15, 0.2) is 0 Å². The maximum absolute atomic E-state index is 11.6. The van der Waals surface area contributed by atoms with Crippen LogP contribution in [0.5, 0.6) is 0 Å². The van der Waals surface area contributed by atoms with E-state index in [0.29, 0.717) is 5.95 Å². The lowest BCUT2D eigenvalue weighted by Gasteiger charge is -2.14. The molecule has 1 saturated heterocycles. The Bertz CT molecular complexity index is 333. The fourth-order valence-electron chi connectivity index (χ4n) is 1.45. The molecule has 0 radical (unpaired) electrons. The van der Waals surface area contributed by atoms with Gasteiger partial charge >= 0.3 is 6.03 Å². The minimum atomic E-state index is 0.0225. The van der Waals surface area contributed by atoms with Gasteiger partial charge in [-0.15, -0.1) is 0 Å². The first kappa shape index (κ1) is 8.10. The fourth-order valence-corrected chi connectivity index (χ4v) is 1.45. The van der Waals surface area contributed by atoms with E-state index in [4.69, 9.17) is 0 Å². The largest absolute Gasteiger partial charge is 0.326 e. The van der Waals surface area contributed by atoms with Crippen LogP contribution in [-0.2, 0) is 7.05 Å². The minimum absolute atomic E-state index is 0.0225. The van der Waals surface area contributed by atoms with Crippen molar-refractivity contribution in [3.8, 4) is 0 Å². The number of hydrogen-bond acceptors (Lipinski definition) is 2. The molecule has 5 nitrogen and oxygen atoms in total. The van der Waals surface area contributed by atoms with Crippen LogP contribution in [0.15, 0.2) is 12.4 Å². The molecule has 1 aromatic rings. The zero-order valence-electron chi connectivity index (χ0n) is 7.77. The first-order chi connectivity index (χ1) is 6.20. The van der Waals surface area contributed by atoms with Gasteiger partial charge in [0, 0.05) is 39.6 Å². The summed E-state index contributed by atoms with van der Waals surface area (Å²) in [4.78, 5) is 19.0. The number of aryl methyl sites for hydroxylation is 1. The van der Waals surface area contributed by atoms with E-state index in [9.17, 15) is 4.79 Å². The van der Waals surface area contributed by atoms with Crippen LogP contribution in [0, 0.1) is 0 Å². The molecule has 0 saturated carbocycles. The highest BCUT2D eigenvalue weighted by Gasteiger charge is 2.28. The van der Waals surface area contributed by atoms with Crippen molar-refractivity contribution in [2.24, 2.45) is 7.05 Å². The first-order valence-corrected chi connectivity index (χ1v) is 4.20. The van der Waals surface area contributed by atoms with Crippen molar-refractivity contribution in [3.63, 3.8) is 0 Å². The molecule has 70 valence electrons. The molecule has 2 heterocycles. The molecule has 0 aromatic carbocycles. The molecule has 0 aliphatic carbocycles. The molecule has 0 spiro atoms. The Hall–Kier alpha value is -1.52. The number of likely N-dealkylation sites (N-methyl/N-ethyl adjacent to an activating group) is 1. The van der Waals surface area contributed by atoms with Crippen LogP contribution in [0.1, 0.15) is 0 Å². The van der Waals surface area contributed by atoms with Gasteiger partial charge in [-0.05, 0) is 0 Å². The van der Waals surface area contributed by atoms with Crippen LogP contribution in [0.3, 0.4) is 0 Å². The summed E-state index contributed by atoms with van der Waals surface area (Å²) in [5.41, 5.74) is 0. The summed E-state index contributed by atoms with van der Waals surface area (Å²) >= 11 is 0. The van der Waals surface area contributed by atoms with Gasteiger partial charge in [-0.25, -0.2) is 9.78 Å². The smallest absolute Gasteiger partial charge is 0.326 e. The number of carbonyl (C=O) groups is 1. The predicted molar refractivity (Wildman–Crippen MR) is 48.6 cm³/mol. The van der Waals surface area contributed by atoms with Gasteiger partial charge in [0.05, 0.1) is 0 Å². The zero-order chi connectivity index (χ0) is 9.42. The van der Waals surface area contributed by atoms with Crippen molar-refractivity contribution >= 4 is 12.0 Å². The molecule has 0 atom stereocenters. The summed E-state index contributed by atoms with van der Waals surface area (Å²) in [5.74, 6) is 0.717. The molecular formula is C8H12N4O. The first-order valence-electron chi connectivity index (χ1n) is 4.20. The van der Waals surface area contributed by atoms with Gasteiger partial charge < -0.3 is 9.47 Å². The third kappa shape index (κ3) is 1.16. The summed E-state index contributed by atoms with van der Waals surface area (Å²) in [5, 5.41) is 0. The lowest BCUT2D eigenvalue weighted by Crippen LogP contribution is -2.30. The van der Waals surface area contributed by atoms with E-state index < -0.39 is 0 Å². The molecule has 0 unspecified atom stereocenters. The molecule has 0 bridgehead atoms. The number of hydrogen-bond donors (Lipinski definition) is 0. The van der Waals surface area contributed by atoms with Crippen molar-refractivity contribution in [1.29, 1.82) is 0 Å². The third-order valence-corrected chi connectivity index (χ3v) is 2.25. The zero-order valence-corrected chi connectivity index (χ0v) is 7.77. The van der Waals surface area contributed by atoms with E-state index in [1.165, 1.54) is 0 Å². The highest BCUT2D eigenvalue weighted by molar-refractivity contribution is 5.92. The average molecular weight is 180 g/mol. The van der Waals surface area contributed by atoms with Crippen molar-refractivity contribution in [2.45, 2.75) is 0 Å². The monoisotopic (exact) mass is 180 g/mol. The van der Waals surface area contributed by atoms with E-state index in [0.717, 1.165) is 13.1 Å². The van der Waals surface area contributed by atoms with E-state index >= 15 is 0 Å². The standard InChI is InChI=1S/C8H12N4O/c1-10-4-3-9-7(10)12-6-5-11(2)8(12)13/h3-4H,5-6H2,1-2H3. The lowest BCUT2D eigenvalue weighted by molar-refractivity contribution is 0.229. The van der Waals surface area contributed by atoms with Crippen LogP contribution in [0.2, 0.25) is 0 Å². The Balaban J connectivity index is 2.28. The van der Waals surface area contributed by atoms with Crippen molar-refractivity contribution in [1.82, 2.24) is 14.5 Å². The van der Waals surface area contributed by atoms with Gasteiger partial charge in [0.2, 0.25) is 5.95 Å². The van der Waals surface area contributed by atoms with E-state index in [2.05, 4.69) is 4.98 Å². The Labute approximate surface area is 76.6 Å². The van der Waals surface area contributed by atoms with Crippen molar-refractivity contribution in [2.75, 3.05) is 25.0 Å². The van der Waals surface area contributed by atoms with Gasteiger partial charge in [0.1, 0.15) is 0 Å². The van der Waals surface area contributed by atoms with Gasteiger partial charge in [0.25, 0.3) is 0 Å². The van der Waals surface area contributed by atoms with Gasteiger partial charge in [-0.2, -0.15) is 0 Å². The van der Waals surface area contributed by atoms with E-state index in [1.54, 1.807) is 23.0 Å². The maximum atomic E-state index is 11.6. The van der Waals surface area contributed by atoms with E-state index in [-0.39, 0.29) is 6.03 Å². The summed E-state index contributed by atoms with van der Waals surface area (Å²) in [6, 6.07) is 0.0225. The fraction of sp³-hybridized carbons (Fsp3) is 0.500. The highest BCUT2D eigenvalue weighted by Crippen LogP contribution is 2.15. The van der Waals surface area contributed by atoms with Gasteiger partial charge in [-0.3, -0.25) is 4.90 Å². The number of anilines is 1. The van der Waals surface area contributed by atoms with Crippen LogP contribution >= 0.6 is 0 Å². The Morgan fingerprint density at radius 2 is 2.15 bits per heavy atom. The molecule has 1 fully saturated rings. The van der Waals surface area contributed by atoms with E-state index in [1.807, 2.05) is 17.8 Å². The number of nitrogens with zero attached hydrogens (tertiary/aromatic N) is 4. The highest BCUT2D eigenvalue weighted by atomic mass is 16.2. The molecule has 1 aliphatic heterocycles. The average Bonchev–Trinajstić information content (AvgIpc) is 2.62. The second kappa shape index (κ2) is 2.76. The molecule has 1 aromatic heterocycles. The normalized spacial score (nSPS) is 17.2. The number of imidazole rings is 1. The molecule has 13 heavy (non-hydrogen) atoms. The topological polar surface area (TPSA) is 41.4 Å². The van der Waals surface area contributed by atoms with Crippen molar-refractivity contribution < 1.29 is 4.79 Å². The molecule has 2 amide bonds. The van der Waals surface area contributed by atoms with Gasteiger partial charge in [-0.1, -0.05) is 0 Å².